The van der Waals surface area contributed by atoms with Crippen molar-refractivity contribution in [1.29, 1.82) is 0 Å². The van der Waals surface area contributed by atoms with Crippen molar-refractivity contribution in [2.24, 2.45) is 0 Å². The van der Waals surface area contributed by atoms with E-state index in [0.717, 1.165) is 10.9 Å². The molecule has 0 aliphatic carbocycles. The van der Waals surface area contributed by atoms with Crippen LogP contribution in [0.15, 0.2) is 72.1 Å². The van der Waals surface area contributed by atoms with Gasteiger partial charge in [-0.1, -0.05) is 12.1 Å². The van der Waals surface area contributed by atoms with E-state index in [9.17, 15) is 13.2 Å². The Labute approximate surface area is 161 Å². The van der Waals surface area contributed by atoms with E-state index in [1.54, 1.807) is 36.7 Å². The lowest BCUT2D eigenvalue weighted by atomic mass is 10.0. The number of fused-ring (bicyclic) bond motifs is 1. The van der Waals surface area contributed by atoms with Gasteiger partial charge in [0.1, 0.15) is 10.5 Å². The summed E-state index contributed by atoms with van der Waals surface area (Å²) in [4.78, 5) is 24.1. The zero-order valence-corrected chi connectivity index (χ0v) is 15.7. The van der Waals surface area contributed by atoms with Gasteiger partial charge >= 0.3 is 0 Å². The number of hydrogen-bond donors (Lipinski definition) is 2. The molecule has 4 rings (SSSR count). The quantitative estimate of drug-likeness (QED) is 0.507. The van der Waals surface area contributed by atoms with Gasteiger partial charge in [-0.15, -0.1) is 0 Å². The number of ketones is 1. The fraction of sp³-hybridized carbons (Fsp3) is 0.0500. The van der Waals surface area contributed by atoms with E-state index in [1.165, 1.54) is 24.5 Å². The molecule has 7 nitrogen and oxygen atoms in total. The number of benzene rings is 1. The fourth-order valence-electron chi connectivity index (χ4n) is 2.90. The van der Waals surface area contributed by atoms with Crippen LogP contribution in [-0.4, -0.2) is 29.2 Å². The molecule has 0 atom stereocenters. The lowest BCUT2D eigenvalue weighted by Gasteiger charge is -2.09. The number of nitrogens with one attached hydrogen (secondary N) is 2. The molecule has 1 aromatic carbocycles. The number of hydrogen-bond acceptors (Lipinski definition) is 5. The third kappa shape index (κ3) is 3.37. The zero-order chi connectivity index (χ0) is 19.7. The lowest BCUT2D eigenvalue weighted by molar-refractivity contribution is 0.104. The zero-order valence-electron chi connectivity index (χ0n) is 14.9. The molecule has 0 aliphatic rings. The van der Waals surface area contributed by atoms with Crippen molar-refractivity contribution < 1.29 is 13.2 Å². The molecule has 2 N–H and O–H groups in total. The largest absolute Gasteiger partial charge is 0.345 e. The van der Waals surface area contributed by atoms with E-state index in [2.05, 4.69) is 19.7 Å². The Morgan fingerprint density at radius 1 is 1.11 bits per heavy atom. The average Bonchev–Trinajstić information content (AvgIpc) is 3.11. The molecule has 0 bridgehead atoms. The number of nitrogens with zero attached hydrogens (tertiary/aromatic N) is 2. The Morgan fingerprint density at radius 2 is 1.96 bits per heavy atom. The molecule has 140 valence electrons. The summed E-state index contributed by atoms with van der Waals surface area (Å²) in [6, 6.07) is 11.3. The highest BCUT2D eigenvalue weighted by Gasteiger charge is 2.18. The van der Waals surface area contributed by atoms with Crippen molar-refractivity contribution >= 4 is 32.5 Å². The maximum atomic E-state index is 13.0. The highest BCUT2D eigenvalue weighted by molar-refractivity contribution is 7.92. The molecule has 0 unspecified atom stereocenters. The molecular weight excluding hydrogens is 376 g/mol. The first-order chi connectivity index (χ1) is 13.4. The van der Waals surface area contributed by atoms with Crippen LogP contribution in [0.25, 0.3) is 11.0 Å². The summed E-state index contributed by atoms with van der Waals surface area (Å²) in [7, 11) is -3.79. The number of H-pyrrole nitrogens is 1. The number of pyridine rings is 2. The van der Waals surface area contributed by atoms with Crippen LogP contribution in [0.2, 0.25) is 0 Å². The van der Waals surface area contributed by atoms with E-state index >= 15 is 0 Å². The van der Waals surface area contributed by atoms with Gasteiger partial charge in [0, 0.05) is 47.0 Å². The van der Waals surface area contributed by atoms with Crippen LogP contribution in [0.1, 0.15) is 21.5 Å². The van der Waals surface area contributed by atoms with Crippen molar-refractivity contribution in [1.82, 2.24) is 15.0 Å². The van der Waals surface area contributed by atoms with Crippen LogP contribution >= 0.6 is 0 Å². The maximum absolute atomic E-state index is 13.0. The molecule has 0 amide bonds. The van der Waals surface area contributed by atoms with Crippen LogP contribution in [0.5, 0.6) is 0 Å². The van der Waals surface area contributed by atoms with Crippen LogP contribution in [0.3, 0.4) is 0 Å². The first kappa shape index (κ1) is 17.9. The molecule has 0 spiro atoms. The Morgan fingerprint density at radius 3 is 2.75 bits per heavy atom. The molecule has 4 aromatic rings. The summed E-state index contributed by atoms with van der Waals surface area (Å²) >= 11 is 0. The first-order valence-electron chi connectivity index (χ1n) is 8.45. The van der Waals surface area contributed by atoms with Crippen LogP contribution in [0, 0.1) is 6.92 Å². The topological polar surface area (TPSA) is 105 Å². The van der Waals surface area contributed by atoms with Crippen LogP contribution in [-0.2, 0) is 10.0 Å². The number of carbonyl (C=O) groups excluding carboxylic acids is 1. The normalized spacial score (nSPS) is 11.5. The second-order valence-corrected chi connectivity index (χ2v) is 8.00. The van der Waals surface area contributed by atoms with Gasteiger partial charge in [-0.25, -0.2) is 13.4 Å². The highest BCUT2D eigenvalue weighted by atomic mass is 32.2. The second kappa shape index (κ2) is 6.90. The van der Waals surface area contributed by atoms with Crippen LogP contribution < -0.4 is 4.72 Å². The van der Waals surface area contributed by atoms with Gasteiger partial charge in [-0.3, -0.25) is 14.5 Å². The molecule has 3 heterocycles. The molecule has 28 heavy (non-hydrogen) atoms. The minimum absolute atomic E-state index is 0.0462. The molecular formula is C20H16N4O3S. The van der Waals surface area contributed by atoms with Crippen molar-refractivity contribution in [3.63, 3.8) is 0 Å². The van der Waals surface area contributed by atoms with Crippen molar-refractivity contribution in [3.8, 4) is 0 Å². The minimum atomic E-state index is -3.79. The van der Waals surface area contributed by atoms with Crippen molar-refractivity contribution in [2.45, 2.75) is 11.8 Å². The number of aromatic amines is 1. The summed E-state index contributed by atoms with van der Waals surface area (Å²) in [5, 5.41) is 0.728. The minimum Gasteiger partial charge on any atom is -0.345 e. The molecule has 0 aliphatic heterocycles. The number of carbonyl (C=O) groups is 1. The summed E-state index contributed by atoms with van der Waals surface area (Å²) in [6.07, 6.45) is 6.10. The van der Waals surface area contributed by atoms with Crippen LogP contribution in [0.4, 0.5) is 5.69 Å². The molecule has 0 saturated heterocycles. The molecule has 0 fully saturated rings. The van der Waals surface area contributed by atoms with Gasteiger partial charge in [-0.05, 0) is 42.8 Å². The van der Waals surface area contributed by atoms with Gasteiger partial charge in [0.05, 0.1) is 0 Å². The Hall–Kier alpha value is -3.52. The van der Waals surface area contributed by atoms with E-state index < -0.39 is 10.0 Å². The number of rotatable bonds is 5. The summed E-state index contributed by atoms with van der Waals surface area (Å²) in [6.45, 7) is 1.90. The van der Waals surface area contributed by atoms with Gasteiger partial charge in [0.2, 0.25) is 0 Å². The predicted octanol–water partition coefficient (Wildman–Crippen LogP) is 3.30. The highest BCUT2D eigenvalue weighted by Crippen LogP contribution is 2.23. The number of anilines is 1. The van der Waals surface area contributed by atoms with Gasteiger partial charge in [-0.2, -0.15) is 0 Å². The maximum Gasteiger partial charge on any atom is 0.263 e. The molecule has 3 aromatic heterocycles. The van der Waals surface area contributed by atoms with Gasteiger partial charge in [0.25, 0.3) is 10.0 Å². The van der Waals surface area contributed by atoms with E-state index in [0.29, 0.717) is 22.5 Å². The number of sulfonamides is 1. The fourth-order valence-corrected chi connectivity index (χ4v) is 3.91. The Kier molecular flexibility index (Phi) is 4.40. The third-order valence-corrected chi connectivity index (χ3v) is 5.60. The Bertz CT molecular complexity index is 1280. The summed E-state index contributed by atoms with van der Waals surface area (Å²) in [5.41, 5.74) is 2.72. The van der Waals surface area contributed by atoms with E-state index in [-0.39, 0.29) is 10.7 Å². The monoisotopic (exact) mass is 392 g/mol. The molecule has 0 radical (unpaired) electrons. The van der Waals surface area contributed by atoms with Gasteiger partial charge < -0.3 is 4.98 Å². The number of aromatic nitrogens is 3. The molecule has 8 heteroatoms. The SMILES string of the molecule is Cc1cnc2[nH]cc(C(=O)c3cccc(NS(=O)(=O)c4cccnc4)c3)c2c1. The van der Waals surface area contributed by atoms with E-state index in [4.69, 9.17) is 0 Å². The molecule has 0 saturated carbocycles. The lowest BCUT2D eigenvalue weighted by Crippen LogP contribution is -2.13. The first-order valence-corrected chi connectivity index (χ1v) is 9.94. The van der Waals surface area contributed by atoms with Crippen molar-refractivity contribution in [3.05, 3.63) is 83.9 Å². The summed E-state index contributed by atoms with van der Waals surface area (Å²) < 4.78 is 27.4. The Balaban J connectivity index is 1.67. The summed E-state index contributed by atoms with van der Waals surface area (Å²) in [5.74, 6) is -0.221. The average molecular weight is 392 g/mol. The predicted molar refractivity (Wildman–Crippen MR) is 106 cm³/mol. The standard InChI is InChI=1S/C20H16N4O3S/c1-13-8-17-18(12-23-20(17)22-10-13)19(25)14-4-2-5-15(9-14)24-28(26,27)16-6-3-7-21-11-16/h2-12,24H,1H3,(H,22,23). The smallest absolute Gasteiger partial charge is 0.263 e. The van der Waals surface area contributed by atoms with E-state index in [1.807, 2.05) is 13.0 Å². The second-order valence-electron chi connectivity index (χ2n) is 6.32. The number of aryl methyl sites for hydroxylation is 1. The van der Waals surface area contributed by atoms with Gasteiger partial charge in [0.15, 0.2) is 5.78 Å². The van der Waals surface area contributed by atoms with Crippen molar-refractivity contribution in [2.75, 3.05) is 4.72 Å². The third-order valence-electron chi connectivity index (χ3n) is 4.23.